The first-order valence-corrected chi connectivity index (χ1v) is 6.10. The highest BCUT2D eigenvalue weighted by molar-refractivity contribution is 5.96. The molecule has 1 atom stereocenters. The Hall–Kier alpha value is -2.16. The normalized spacial score (nSPS) is 11.9. The number of hydrogen-bond donors (Lipinski definition) is 0. The van der Waals surface area contributed by atoms with Gasteiger partial charge in [-0.25, -0.2) is 4.39 Å². The standard InChI is InChI=1S/C16H15FO2/c1-11(18)14-9-6-10-15(17)16(14)19-12(2)13-7-4-3-5-8-13/h3-10,12H,1-2H3. The van der Waals surface area contributed by atoms with Crippen LogP contribution in [0.3, 0.4) is 0 Å². The van der Waals surface area contributed by atoms with Gasteiger partial charge in [0, 0.05) is 0 Å². The molecule has 0 aliphatic heterocycles. The van der Waals surface area contributed by atoms with Crippen LogP contribution < -0.4 is 4.74 Å². The molecule has 2 aromatic carbocycles. The van der Waals surface area contributed by atoms with E-state index in [1.165, 1.54) is 19.1 Å². The van der Waals surface area contributed by atoms with Gasteiger partial charge < -0.3 is 4.74 Å². The quantitative estimate of drug-likeness (QED) is 0.769. The van der Waals surface area contributed by atoms with Gasteiger partial charge in [0.15, 0.2) is 17.3 Å². The molecule has 2 rings (SSSR count). The molecule has 0 aromatic heterocycles. The number of carbonyl (C=O) groups is 1. The Morgan fingerprint density at radius 3 is 2.42 bits per heavy atom. The fourth-order valence-electron chi connectivity index (χ4n) is 1.87. The van der Waals surface area contributed by atoms with Gasteiger partial charge >= 0.3 is 0 Å². The molecule has 1 unspecified atom stereocenters. The van der Waals surface area contributed by atoms with E-state index in [-0.39, 0.29) is 23.2 Å². The van der Waals surface area contributed by atoms with E-state index in [4.69, 9.17) is 4.74 Å². The van der Waals surface area contributed by atoms with Crippen molar-refractivity contribution in [3.8, 4) is 5.75 Å². The summed E-state index contributed by atoms with van der Waals surface area (Å²) in [6, 6.07) is 13.9. The van der Waals surface area contributed by atoms with Gasteiger partial charge in [-0.3, -0.25) is 4.79 Å². The summed E-state index contributed by atoms with van der Waals surface area (Å²) in [4.78, 5) is 11.5. The van der Waals surface area contributed by atoms with Gasteiger partial charge in [0.05, 0.1) is 5.56 Å². The maximum atomic E-state index is 13.8. The van der Waals surface area contributed by atoms with Gasteiger partial charge in [-0.15, -0.1) is 0 Å². The second-order valence-electron chi connectivity index (χ2n) is 4.34. The summed E-state index contributed by atoms with van der Waals surface area (Å²) in [5.41, 5.74) is 1.20. The van der Waals surface area contributed by atoms with E-state index in [0.29, 0.717) is 0 Å². The van der Waals surface area contributed by atoms with Crippen LogP contribution in [0, 0.1) is 5.82 Å². The van der Waals surface area contributed by atoms with Crippen molar-refractivity contribution in [3.63, 3.8) is 0 Å². The van der Waals surface area contributed by atoms with Crippen LogP contribution in [0.15, 0.2) is 48.5 Å². The molecule has 0 bridgehead atoms. The number of ketones is 1. The largest absolute Gasteiger partial charge is 0.482 e. The number of ether oxygens (including phenoxy) is 1. The minimum Gasteiger partial charge on any atom is -0.482 e. The second kappa shape index (κ2) is 5.65. The van der Waals surface area contributed by atoms with Gasteiger partial charge in [0.25, 0.3) is 0 Å². The molecule has 0 fully saturated rings. The Bertz CT molecular complexity index is 579. The summed E-state index contributed by atoms with van der Waals surface area (Å²) >= 11 is 0. The average molecular weight is 258 g/mol. The second-order valence-corrected chi connectivity index (χ2v) is 4.34. The van der Waals surface area contributed by atoms with Crippen molar-refractivity contribution in [1.82, 2.24) is 0 Å². The summed E-state index contributed by atoms with van der Waals surface area (Å²) in [6.07, 6.45) is -0.323. The highest BCUT2D eigenvalue weighted by Crippen LogP contribution is 2.28. The first-order valence-electron chi connectivity index (χ1n) is 6.10. The molecule has 0 aliphatic rings. The third-order valence-corrected chi connectivity index (χ3v) is 2.91. The lowest BCUT2D eigenvalue weighted by Gasteiger charge is -2.17. The van der Waals surface area contributed by atoms with Crippen molar-refractivity contribution >= 4 is 5.78 Å². The molecule has 0 spiro atoms. The Kier molecular flexibility index (Phi) is 3.95. The van der Waals surface area contributed by atoms with Crippen LogP contribution in [0.1, 0.15) is 35.9 Å². The zero-order valence-corrected chi connectivity index (χ0v) is 10.9. The van der Waals surface area contributed by atoms with Gasteiger partial charge in [0.1, 0.15) is 6.10 Å². The number of halogens is 1. The van der Waals surface area contributed by atoms with Crippen LogP contribution in [-0.4, -0.2) is 5.78 Å². The van der Waals surface area contributed by atoms with Gasteiger partial charge in [-0.2, -0.15) is 0 Å². The molecule has 0 saturated heterocycles. The lowest BCUT2D eigenvalue weighted by Crippen LogP contribution is -2.08. The van der Waals surface area contributed by atoms with E-state index in [9.17, 15) is 9.18 Å². The first kappa shape index (κ1) is 13.3. The van der Waals surface area contributed by atoms with E-state index < -0.39 is 5.82 Å². The van der Waals surface area contributed by atoms with Crippen molar-refractivity contribution in [2.45, 2.75) is 20.0 Å². The molecule has 2 nitrogen and oxygen atoms in total. The molecule has 0 N–H and O–H groups in total. The Morgan fingerprint density at radius 2 is 1.79 bits per heavy atom. The van der Waals surface area contributed by atoms with E-state index >= 15 is 0 Å². The number of Topliss-reactive ketones (excluding diaryl/α,β-unsaturated/α-hetero) is 1. The predicted octanol–water partition coefficient (Wildman–Crippen LogP) is 4.17. The minimum atomic E-state index is -0.518. The van der Waals surface area contributed by atoms with Gasteiger partial charge in [-0.1, -0.05) is 36.4 Å². The molecular weight excluding hydrogens is 243 g/mol. The molecule has 3 heteroatoms. The Labute approximate surface area is 111 Å². The van der Waals surface area contributed by atoms with E-state index in [1.54, 1.807) is 6.07 Å². The van der Waals surface area contributed by atoms with Crippen molar-refractivity contribution in [2.75, 3.05) is 0 Å². The number of para-hydroxylation sites is 1. The molecule has 0 heterocycles. The van der Waals surface area contributed by atoms with Crippen LogP contribution in [0.2, 0.25) is 0 Å². The van der Waals surface area contributed by atoms with Crippen LogP contribution in [-0.2, 0) is 0 Å². The lowest BCUT2D eigenvalue weighted by atomic mass is 10.1. The zero-order valence-electron chi connectivity index (χ0n) is 10.9. The molecule has 98 valence electrons. The van der Waals surface area contributed by atoms with Gasteiger partial charge in [0.2, 0.25) is 0 Å². The van der Waals surface area contributed by atoms with Crippen molar-refractivity contribution < 1.29 is 13.9 Å². The summed E-state index contributed by atoms with van der Waals surface area (Å²) < 4.78 is 19.4. The molecule has 2 aromatic rings. The summed E-state index contributed by atoms with van der Waals surface area (Å²) in [7, 11) is 0. The van der Waals surface area contributed by atoms with Crippen molar-refractivity contribution in [2.24, 2.45) is 0 Å². The molecule has 0 aliphatic carbocycles. The average Bonchev–Trinajstić information content (AvgIpc) is 2.41. The maximum absolute atomic E-state index is 13.8. The topological polar surface area (TPSA) is 26.3 Å². The highest BCUT2D eigenvalue weighted by atomic mass is 19.1. The summed E-state index contributed by atoms with van der Waals surface area (Å²) in [6.45, 7) is 3.22. The lowest BCUT2D eigenvalue weighted by molar-refractivity contribution is 0.100. The SMILES string of the molecule is CC(=O)c1cccc(F)c1OC(C)c1ccccc1. The summed E-state index contributed by atoms with van der Waals surface area (Å²) in [5.74, 6) is -0.711. The van der Waals surface area contributed by atoms with Crippen LogP contribution in [0.4, 0.5) is 4.39 Å². The number of carbonyl (C=O) groups excluding carboxylic acids is 1. The number of benzene rings is 2. The molecule has 0 saturated carbocycles. The van der Waals surface area contributed by atoms with Crippen LogP contribution in [0.25, 0.3) is 0 Å². The highest BCUT2D eigenvalue weighted by Gasteiger charge is 2.16. The Balaban J connectivity index is 2.31. The summed E-state index contributed by atoms with van der Waals surface area (Å²) in [5, 5.41) is 0. The van der Waals surface area contributed by atoms with E-state index in [2.05, 4.69) is 0 Å². The molecule has 0 radical (unpaired) electrons. The van der Waals surface area contributed by atoms with Crippen molar-refractivity contribution in [3.05, 3.63) is 65.5 Å². The van der Waals surface area contributed by atoms with Crippen LogP contribution in [0.5, 0.6) is 5.75 Å². The Morgan fingerprint density at radius 1 is 1.11 bits per heavy atom. The monoisotopic (exact) mass is 258 g/mol. The molecular formula is C16H15FO2. The molecule has 19 heavy (non-hydrogen) atoms. The fourth-order valence-corrected chi connectivity index (χ4v) is 1.87. The van der Waals surface area contributed by atoms with Crippen molar-refractivity contribution in [1.29, 1.82) is 0 Å². The number of hydrogen-bond acceptors (Lipinski definition) is 2. The first-order chi connectivity index (χ1) is 9.09. The third-order valence-electron chi connectivity index (χ3n) is 2.91. The van der Waals surface area contributed by atoms with Crippen LogP contribution >= 0.6 is 0 Å². The predicted molar refractivity (Wildman–Crippen MR) is 71.9 cm³/mol. The van der Waals surface area contributed by atoms with Gasteiger partial charge in [-0.05, 0) is 31.5 Å². The number of rotatable bonds is 4. The molecule has 0 amide bonds. The smallest absolute Gasteiger partial charge is 0.166 e. The fraction of sp³-hybridized carbons (Fsp3) is 0.188. The zero-order chi connectivity index (χ0) is 13.8. The van der Waals surface area contributed by atoms with E-state index in [0.717, 1.165) is 5.56 Å². The van der Waals surface area contributed by atoms with E-state index in [1.807, 2.05) is 37.3 Å². The minimum absolute atomic E-state index is 0.0198. The third kappa shape index (κ3) is 2.99. The maximum Gasteiger partial charge on any atom is 0.166 e.